The molecular weight excluding hydrogens is 236 g/mol. The highest BCUT2D eigenvalue weighted by Gasteiger charge is 2.00. The fourth-order valence-electron chi connectivity index (χ4n) is 1.78. The maximum absolute atomic E-state index is 5.80. The average molecular weight is 256 g/mol. The van der Waals surface area contributed by atoms with Crippen LogP contribution in [0.5, 0.6) is 5.75 Å². The number of nitrogen functional groups attached to an aromatic ring is 1. The lowest BCUT2D eigenvalue weighted by molar-refractivity contribution is 0.317. The zero-order chi connectivity index (χ0) is 13.7. The lowest BCUT2D eigenvalue weighted by atomic mass is 10.1. The van der Waals surface area contributed by atoms with Crippen LogP contribution in [-0.2, 0) is 0 Å². The van der Waals surface area contributed by atoms with Gasteiger partial charge in [-0.1, -0.05) is 13.0 Å². The lowest BCUT2D eigenvalue weighted by Gasteiger charge is -2.11. The van der Waals surface area contributed by atoms with Gasteiger partial charge in [0.15, 0.2) is 0 Å². The van der Waals surface area contributed by atoms with E-state index in [1.807, 2.05) is 42.5 Å². The third-order valence-electron chi connectivity index (χ3n) is 2.87. The average Bonchev–Trinajstić information content (AvgIpc) is 2.42. The van der Waals surface area contributed by atoms with Crippen LogP contribution in [-0.4, -0.2) is 6.61 Å². The Bertz CT molecular complexity index is 535. The van der Waals surface area contributed by atoms with Crippen molar-refractivity contribution in [3.8, 4) is 5.75 Å². The Morgan fingerprint density at radius 1 is 1.11 bits per heavy atom. The van der Waals surface area contributed by atoms with Crippen LogP contribution in [0.1, 0.15) is 18.9 Å². The number of benzene rings is 2. The van der Waals surface area contributed by atoms with E-state index in [2.05, 4.69) is 19.2 Å². The van der Waals surface area contributed by atoms with Crippen molar-refractivity contribution >= 4 is 17.1 Å². The van der Waals surface area contributed by atoms with Gasteiger partial charge in [0.2, 0.25) is 0 Å². The maximum atomic E-state index is 5.80. The molecule has 3 N–H and O–H groups in total. The maximum Gasteiger partial charge on any atom is 0.119 e. The number of aryl methyl sites for hydroxylation is 1. The number of nitrogens with two attached hydrogens (primary N) is 1. The van der Waals surface area contributed by atoms with Gasteiger partial charge in [-0.25, -0.2) is 0 Å². The summed E-state index contributed by atoms with van der Waals surface area (Å²) in [5.74, 6) is 0.900. The molecule has 0 unspecified atom stereocenters. The summed E-state index contributed by atoms with van der Waals surface area (Å²) in [6, 6.07) is 13.8. The van der Waals surface area contributed by atoms with Gasteiger partial charge < -0.3 is 15.8 Å². The predicted octanol–water partition coefficient (Wildman–Crippen LogP) is 4.11. The van der Waals surface area contributed by atoms with E-state index >= 15 is 0 Å². The topological polar surface area (TPSA) is 47.3 Å². The number of rotatable bonds is 5. The van der Waals surface area contributed by atoms with E-state index in [0.29, 0.717) is 0 Å². The summed E-state index contributed by atoms with van der Waals surface area (Å²) in [5.41, 5.74) is 9.78. The second kappa shape index (κ2) is 6.14. The standard InChI is InChI=1S/C16H20N2O/c1-3-10-19-15-8-6-14(7-9-15)18-16-11-13(17)5-4-12(16)2/h4-9,11,18H,3,10,17H2,1-2H3. The van der Waals surface area contributed by atoms with Crippen LogP contribution in [0, 0.1) is 6.92 Å². The minimum Gasteiger partial charge on any atom is -0.494 e. The van der Waals surface area contributed by atoms with Gasteiger partial charge in [-0.15, -0.1) is 0 Å². The monoisotopic (exact) mass is 256 g/mol. The van der Waals surface area contributed by atoms with Crippen molar-refractivity contribution in [2.45, 2.75) is 20.3 Å². The van der Waals surface area contributed by atoms with E-state index in [4.69, 9.17) is 10.5 Å². The van der Waals surface area contributed by atoms with Gasteiger partial charge in [-0.2, -0.15) is 0 Å². The minimum atomic E-state index is 0.751. The summed E-state index contributed by atoms with van der Waals surface area (Å²) in [6.45, 7) is 4.90. The third kappa shape index (κ3) is 3.65. The largest absolute Gasteiger partial charge is 0.494 e. The molecule has 0 heterocycles. The van der Waals surface area contributed by atoms with Crippen LogP contribution in [0.25, 0.3) is 0 Å². The molecule has 3 heteroatoms. The predicted molar refractivity (Wildman–Crippen MR) is 81.1 cm³/mol. The number of hydrogen-bond donors (Lipinski definition) is 2. The molecule has 3 nitrogen and oxygen atoms in total. The first-order valence-corrected chi connectivity index (χ1v) is 6.55. The molecule has 0 atom stereocenters. The zero-order valence-electron chi connectivity index (χ0n) is 11.4. The minimum absolute atomic E-state index is 0.751. The molecule has 0 spiro atoms. The molecule has 0 saturated heterocycles. The summed E-state index contributed by atoms with van der Waals surface area (Å²) in [4.78, 5) is 0. The first-order valence-electron chi connectivity index (χ1n) is 6.55. The summed E-state index contributed by atoms with van der Waals surface area (Å²) < 4.78 is 5.56. The van der Waals surface area contributed by atoms with E-state index < -0.39 is 0 Å². The van der Waals surface area contributed by atoms with E-state index in [1.54, 1.807) is 0 Å². The molecule has 0 radical (unpaired) electrons. The number of ether oxygens (including phenoxy) is 1. The molecular formula is C16H20N2O. The van der Waals surface area contributed by atoms with E-state index in [0.717, 1.165) is 35.8 Å². The molecule has 2 rings (SSSR count). The van der Waals surface area contributed by atoms with Crippen molar-refractivity contribution < 1.29 is 4.74 Å². The number of nitrogens with one attached hydrogen (secondary N) is 1. The lowest BCUT2D eigenvalue weighted by Crippen LogP contribution is -1.97. The van der Waals surface area contributed by atoms with E-state index in [-0.39, 0.29) is 0 Å². The SMILES string of the molecule is CCCOc1ccc(Nc2cc(N)ccc2C)cc1. The molecule has 0 aliphatic heterocycles. The molecule has 19 heavy (non-hydrogen) atoms. The van der Waals surface area contributed by atoms with Crippen molar-refractivity contribution in [3.05, 3.63) is 48.0 Å². The van der Waals surface area contributed by atoms with Crippen molar-refractivity contribution in [1.82, 2.24) is 0 Å². The quantitative estimate of drug-likeness (QED) is 0.791. The van der Waals surface area contributed by atoms with Gasteiger partial charge in [-0.05, 0) is 55.3 Å². The second-order valence-electron chi connectivity index (χ2n) is 4.57. The van der Waals surface area contributed by atoms with Crippen molar-refractivity contribution in [3.63, 3.8) is 0 Å². The Labute approximate surface area is 114 Å². The first kappa shape index (κ1) is 13.3. The molecule has 0 saturated carbocycles. The Morgan fingerprint density at radius 3 is 2.53 bits per heavy atom. The smallest absolute Gasteiger partial charge is 0.119 e. The van der Waals surface area contributed by atoms with Gasteiger partial charge >= 0.3 is 0 Å². The van der Waals surface area contributed by atoms with Crippen LogP contribution < -0.4 is 15.8 Å². The molecule has 0 aliphatic carbocycles. The molecule has 0 aliphatic rings. The highest BCUT2D eigenvalue weighted by atomic mass is 16.5. The number of anilines is 3. The Hall–Kier alpha value is -2.16. The molecule has 0 aromatic heterocycles. The van der Waals surface area contributed by atoms with Gasteiger partial charge in [-0.3, -0.25) is 0 Å². The van der Waals surface area contributed by atoms with Crippen LogP contribution in [0.4, 0.5) is 17.1 Å². The summed E-state index contributed by atoms with van der Waals surface area (Å²) in [7, 11) is 0. The summed E-state index contributed by atoms with van der Waals surface area (Å²) in [5, 5.41) is 3.36. The molecule has 2 aromatic carbocycles. The van der Waals surface area contributed by atoms with Crippen LogP contribution in [0.15, 0.2) is 42.5 Å². The van der Waals surface area contributed by atoms with Gasteiger partial charge in [0.25, 0.3) is 0 Å². The first-order chi connectivity index (χ1) is 9.19. The molecule has 0 bridgehead atoms. The highest BCUT2D eigenvalue weighted by molar-refractivity contribution is 5.67. The Kier molecular flexibility index (Phi) is 4.29. The molecule has 2 aromatic rings. The third-order valence-corrected chi connectivity index (χ3v) is 2.87. The van der Waals surface area contributed by atoms with Crippen LogP contribution in [0.3, 0.4) is 0 Å². The number of hydrogen-bond acceptors (Lipinski definition) is 3. The van der Waals surface area contributed by atoms with E-state index in [1.165, 1.54) is 5.56 Å². The zero-order valence-corrected chi connectivity index (χ0v) is 11.4. The van der Waals surface area contributed by atoms with Crippen LogP contribution in [0.2, 0.25) is 0 Å². The van der Waals surface area contributed by atoms with Crippen molar-refractivity contribution in [1.29, 1.82) is 0 Å². The normalized spacial score (nSPS) is 10.2. The Morgan fingerprint density at radius 2 is 1.84 bits per heavy atom. The van der Waals surface area contributed by atoms with Crippen molar-refractivity contribution in [2.24, 2.45) is 0 Å². The fraction of sp³-hybridized carbons (Fsp3) is 0.250. The van der Waals surface area contributed by atoms with Crippen LogP contribution >= 0.6 is 0 Å². The van der Waals surface area contributed by atoms with Gasteiger partial charge in [0, 0.05) is 17.1 Å². The highest BCUT2D eigenvalue weighted by Crippen LogP contribution is 2.24. The van der Waals surface area contributed by atoms with Crippen molar-refractivity contribution in [2.75, 3.05) is 17.7 Å². The summed E-state index contributed by atoms with van der Waals surface area (Å²) in [6.07, 6.45) is 1.02. The van der Waals surface area contributed by atoms with Gasteiger partial charge in [0.1, 0.15) is 5.75 Å². The molecule has 0 fully saturated rings. The molecule has 100 valence electrons. The fourth-order valence-corrected chi connectivity index (χ4v) is 1.78. The molecule has 0 amide bonds. The summed E-state index contributed by atoms with van der Waals surface area (Å²) >= 11 is 0. The van der Waals surface area contributed by atoms with E-state index in [9.17, 15) is 0 Å². The second-order valence-corrected chi connectivity index (χ2v) is 4.57. The van der Waals surface area contributed by atoms with Gasteiger partial charge in [0.05, 0.1) is 6.61 Å². The Balaban J connectivity index is 2.08.